The van der Waals surface area contributed by atoms with Crippen LogP contribution in [0, 0.1) is 0 Å². The molecule has 0 saturated carbocycles. The van der Waals surface area contributed by atoms with Crippen LogP contribution in [0.4, 0.5) is 0 Å². The number of methoxy groups -OCH3 is 2. The van der Waals surface area contributed by atoms with E-state index in [9.17, 15) is 9.59 Å². The van der Waals surface area contributed by atoms with Crippen LogP contribution in [0.3, 0.4) is 0 Å². The maximum Gasteiger partial charge on any atom is 0.338 e. The van der Waals surface area contributed by atoms with Gasteiger partial charge in [-0.05, 0) is 36.4 Å². The number of para-hydroxylation sites is 1. The number of esters is 2. The summed E-state index contributed by atoms with van der Waals surface area (Å²) >= 11 is 0. The van der Waals surface area contributed by atoms with Crippen molar-refractivity contribution in [2.24, 2.45) is 0 Å². The van der Waals surface area contributed by atoms with Gasteiger partial charge in [-0.3, -0.25) is 4.98 Å². The zero-order valence-corrected chi connectivity index (χ0v) is 13.7. The molecule has 0 unspecified atom stereocenters. The van der Waals surface area contributed by atoms with Crippen LogP contribution in [0.1, 0.15) is 20.7 Å². The van der Waals surface area contributed by atoms with Crippen LogP contribution in [0.2, 0.25) is 0 Å². The first-order chi connectivity index (χ1) is 12.1. The minimum atomic E-state index is -0.574. The number of rotatable bonds is 4. The van der Waals surface area contributed by atoms with Crippen molar-refractivity contribution in [1.29, 1.82) is 0 Å². The van der Waals surface area contributed by atoms with Gasteiger partial charge >= 0.3 is 11.9 Å². The van der Waals surface area contributed by atoms with Crippen LogP contribution in [0.15, 0.2) is 54.7 Å². The molecule has 0 radical (unpaired) electrons. The topological polar surface area (TPSA) is 74.7 Å². The summed E-state index contributed by atoms with van der Waals surface area (Å²) in [6.45, 7) is 0. The summed E-state index contributed by atoms with van der Waals surface area (Å²) in [6.07, 6.45) is 1.63. The van der Waals surface area contributed by atoms with E-state index in [4.69, 9.17) is 14.2 Å². The third-order valence-corrected chi connectivity index (χ3v) is 3.59. The highest BCUT2D eigenvalue weighted by atomic mass is 16.5. The van der Waals surface area contributed by atoms with E-state index in [2.05, 4.69) is 4.98 Å². The fourth-order valence-electron chi connectivity index (χ4n) is 2.41. The predicted octanol–water partition coefficient (Wildman–Crippen LogP) is 3.60. The number of carbonyl (C=O) groups excluding carboxylic acids is 2. The molecule has 0 spiro atoms. The van der Waals surface area contributed by atoms with Crippen molar-refractivity contribution in [3.63, 3.8) is 0 Å². The van der Waals surface area contributed by atoms with Crippen LogP contribution in [0.25, 0.3) is 10.9 Å². The standard InChI is InChI=1S/C19H15NO5/c1-23-18(21)12-9-13(19(22)24-2)11-14(10-12)25-17-7-8-20-16-6-4-3-5-15(16)17/h3-11H,1-2H3. The van der Waals surface area contributed by atoms with Gasteiger partial charge in [0.25, 0.3) is 0 Å². The average molecular weight is 337 g/mol. The molecule has 0 aliphatic rings. The second-order valence-electron chi connectivity index (χ2n) is 5.16. The van der Waals surface area contributed by atoms with Gasteiger partial charge in [-0.1, -0.05) is 12.1 Å². The van der Waals surface area contributed by atoms with Crippen LogP contribution < -0.4 is 4.74 Å². The predicted molar refractivity (Wildman–Crippen MR) is 90.9 cm³/mol. The summed E-state index contributed by atoms with van der Waals surface area (Å²) in [7, 11) is 2.54. The quantitative estimate of drug-likeness (QED) is 0.677. The Labute approximate surface area is 144 Å². The monoisotopic (exact) mass is 337 g/mol. The minimum absolute atomic E-state index is 0.193. The number of ether oxygens (including phenoxy) is 3. The Morgan fingerprint density at radius 1 is 0.880 bits per heavy atom. The van der Waals surface area contributed by atoms with E-state index in [0.29, 0.717) is 11.5 Å². The van der Waals surface area contributed by atoms with E-state index in [0.717, 1.165) is 10.9 Å². The molecule has 1 heterocycles. The lowest BCUT2D eigenvalue weighted by Crippen LogP contribution is -2.07. The van der Waals surface area contributed by atoms with Gasteiger partial charge in [0.2, 0.25) is 0 Å². The number of pyridine rings is 1. The van der Waals surface area contributed by atoms with Gasteiger partial charge in [-0.2, -0.15) is 0 Å². The Morgan fingerprint density at radius 2 is 1.52 bits per heavy atom. The highest BCUT2D eigenvalue weighted by Crippen LogP contribution is 2.30. The van der Waals surface area contributed by atoms with Gasteiger partial charge in [0.15, 0.2) is 0 Å². The van der Waals surface area contributed by atoms with Crippen LogP contribution in [0.5, 0.6) is 11.5 Å². The van der Waals surface area contributed by atoms with Gasteiger partial charge in [0.05, 0.1) is 30.9 Å². The number of hydrogen-bond donors (Lipinski definition) is 0. The molecule has 6 nitrogen and oxygen atoms in total. The molecule has 25 heavy (non-hydrogen) atoms. The average Bonchev–Trinajstić information content (AvgIpc) is 2.66. The van der Waals surface area contributed by atoms with Crippen molar-refractivity contribution in [3.8, 4) is 11.5 Å². The first-order valence-corrected chi connectivity index (χ1v) is 7.45. The van der Waals surface area contributed by atoms with E-state index < -0.39 is 11.9 Å². The molecule has 0 bridgehead atoms. The number of benzene rings is 2. The summed E-state index contributed by atoms with van der Waals surface area (Å²) in [5.74, 6) is -0.270. The van der Waals surface area contributed by atoms with Gasteiger partial charge < -0.3 is 14.2 Å². The fourth-order valence-corrected chi connectivity index (χ4v) is 2.41. The Morgan fingerprint density at radius 3 is 2.16 bits per heavy atom. The van der Waals surface area contributed by atoms with Crippen molar-refractivity contribution in [3.05, 3.63) is 65.9 Å². The number of aromatic nitrogens is 1. The smallest absolute Gasteiger partial charge is 0.338 e. The first kappa shape index (κ1) is 16.4. The lowest BCUT2D eigenvalue weighted by molar-refractivity contribution is 0.0598. The fraction of sp³-hybridized carbons (Fsp3) is 0.105. The van der Waals surface area contributed by atoms with Crippen LogP contribution >= 0.6 is 0 Å². The highest BCUT2D eigenvalue weighted by Gasteiger charge is 2.15. The van der Waals surface area contributed by atoms with E-state index in [1.54, 1.807) is 12.3 Å². The summed E-state index contributed by atoms with van der Waals surface area (Å²) in [5, 5.41) is 0.813. The second-order valence-corrected chi connectivity index (χ2v) is 5.16. The molecule has 2 aromatic carbocycles. The molecular formula is C19H15NO5. The summed E-state index contributed by atoms with van der Waals surface area (Å²) in [4.78, 5) is 28.0. The molecule has 126 valence electrons. The number of hydrogen-bond acceptors (Lipinski definition) is 6. The SMILES string of the molecule is COC(=O)c1cc(Oc2ccnc3ccccc23)cc(C(=O)OC)c1. The van der Waals surface area contributed by atoms with Crippen molar-refractivity contribution in [2.45, 2.75) is 0 Å². The van der Waals surface area contributed by atoms with Gasteiger partial charge in [0.1, 0.15) is 11.5 Å². The van der Waals surface area contributed by atoms with Crippen LogP contribution in [-0.4, -0.2) is 31.1 Å². The molecule has 3 aromatic rings. The molecule has 0 aliphatic carbocycles. The van der Waals surface area contributed by atoms with Gasteiger partial charge in [0, 0.05) is 11.6 Å². The Balaban J connectivity index is 2.06. The second kappa shape index (κ2) is 7.00. The Bertz CT molecular complexity index is 912. The molecule has 6 heteroatoms. The third kappa shape index (κ3) is 3.42. The first-order valence-electron chi connectivity index (χ1n) is 7.45. The molecule has 0 amide bonds. The molecule has 0 atom stereocenters. The van der Waals surface area contributed by atoms with E-state index in [-0.39, 0.29) is 11.1 Å². The zero-order chi connectivity index (χ0) is 17.8. The zero-order valence-electron chi connectivity index (χ0n) is 13.7. The molecular weight excluding hydrogens is 322 g/mol. The molecule has 0 saturated heterocycles. The largest absolute Gasteiger partial charge is 0.465 e. The highest BCUT2D eigenvalue weighted by molar-refractivity contribution is 5.96. The molecule has 1 aromatic heterocycles. The summed E-state index contributed by atoms with van der Waals surface area (Å²) < 4.78 is 15.4. The lowest BCUT2D eigenvalue weighted by Gasteiger charge is -2.11. The Kier molecular flexibility index (Phi) is 4.61. The third-order valence-electron chi connectivity index (χ3n) is 3.59. The minimum Gasteiger partial charge on any atom is -0.465 e. The van der Waals surface area contributed by atoms with Crippen molar-refractivity contribution in [2.75, 3.05) is 14.2 Å². The van der Waals surface area contributed by atoms with Crippen molar-refractivity contribution < 1.29 is 23.8 Å². The number of nitrogens with zero attached hydrogens (tertiary/aromatic N) is 1. The summed E-state index contributed by atoms with van der Waals surface area (Å²) in [5.41, 5.74) is 1.16. The van der Waals surface area contributed by atoms with E-state index >= 15 is 0 Å². The molecule has 0 fully saturated rings. The van der Waals surface area contributed by atoms with E-state index in [1.165, 1.54) is 32.4 Å². The Hall–Kier alpha value is -3.41. The lowest BCUT2D eigenvalue weighted by atomic mass is 10.1. The van der Waals surface area contributed by atoms with Crippen molar-refractivity contribution in [1.82, 2.24) is 4.98 Å². The van der Waals surface area contributed by atoms with E-state index in [1.807, 2.05) is 24.3 Å². The normalized spacial score (nSPS) is 10.3. The summed E-state index contributed by atoms with van der Waals surface area (Å²) in [6, 6.07) is 13.6. The van der Waals surface area contributed by atoms with Gasteiger partial charge in [-0.25, -0.2) is 9.59 Å². The van der Waals surface area contributed by atoms with Crippen LogP contribution in [-0.2, 0) is 9.47 Å². The number of fused-ring (bicyclic) bond motifs is 1. The van der Waals surface area contributed by atoms with Gasteiger partial charge in [-0.15, -0.1) is 0 Å². The molecule has 3 rings (SSSR count). The maximum atomic E-state index is 11.9. The molecule has 0 N–H and O–H groups in total. The maximum absolute atomic E-state index is 11.9. The number of carbonyl (C=O) groups is 2. The van der Waals surface area contributed by atoms with Crippen molar-refractivity contribution >= 4 is 22.8 Å². The molecule has 0 aliphatic heterocycles.